The van der Waals surface area contributed by atoms with E-state index >= 15 is 0 Å². The van der Waals surface area contributed by atoms with E-state index in [0.717, 1.165) is 12.2 Å². The molecule has 0 saturated carbocycles. The van der Waals surface area contributed by atoms with Gasteiger partial charge in [0.25, 0.3) is 0 Å². The topological polar surface area (TPSA) is 20.2 Å². The Bertz CT molecular complexity index is 22.8. The summed E-state index contributed by atoms with van der Waals surface area (Å²) in [6, 6.07) is 0. The third-order valence-electron chi connectivity index (χ3n) is 0.380. The predicted molar refractivity (Wildman–Crippen MR) is 30.0 cm³/mol. The van der Waals surface area contributed by atoms with Crippen LogP contribution >= 0.6 is 21.7 Å². The van der Waals surface area contributed by atoms with Crippen LogP contribution < -0.4 is 0 Å². The Balaban J connectivity index is 2.34. The van der Waals surface area contributed by atoms with Gasteiger partial charge in [-0.05, 0) is 17.1 Å². The average molecular weight is 127 g/mol. The second-order valence-corrected chi connectivity index (χ2v) is 2.17. The number of hydrogen-bond donors (Lipinski definition) is 1. The molecule has 0 unspecified atom stereocenters. The molecule has 0 fully saturated rings. The molecule has 0 aromatic heterocycles. The highest BCUT2D eigenvalue weighted by molar-refractivity contribution is 8.21. The second-order valence-electron chi connectivity index (χ2n) is 0.890. The predicted octanol–water partition coefficient (Wildman–Crippen LogP) is 1.26. The molecule has 38 valence electrons. The van der Waals surface area contributed by atoms with Gasteiger partial charge in [0, 0.05) is 12.4 Å². The molecule has 0 aromatic carbocycles. The van der Waals surface area contributed by atoms with Gasteiger partial charge in [-0.3, -0.25) is 0 Å². The number of halogens is 1. The zero-order valence-electron chi connectivity index (χ0n) is 3.35. The van der Waals surface area contributed by atoms with E-state index in [1.54, 1.807) is 0 Å². The van der Waals surface area contributed by atoms with Crippen LogP contribution in [0.4, 0.5) is 0 Å². The van der Waals surface area contributed by atoms with Crippen molar-refractivity contribution in [2.75, 3.05) is 12.4 Å². The third-order valence-corrected chi connectivity index (χ3v) is 1.29. The van der Waals surface area contributed by atoms with Crippen LogP contribution in [0.25, 0.3) is 0 Å². The van der Waals surface area contributed by atoms with E-state index in [4.69, 9.17) is 15.8 Å². The Kier molecular flexibility index (Phi) is 6.16. The first-order valence-electron chi connectivity index (χ1n) is 1.76. The molecule has 1 nitrogen and oxygen atoms in total. The highest BCUT2D eigenvalue weighted by Crippen LogP contribution is 2.05. The van der Waals surface area contributed by atoms with E-state index < -0.39 is 0 Å². The largest absolute Gasteiger partial charge is 0.396 e. The summed E-state index contributed by atoms with van der Waals surface area (Å²) >= 11 is 0. The minimum Gasteiger partial charge on any atom is -0.396 e. The van der Waals surface area contributed by atoms with Crippen molar-refractivity contribution in [3.05, 3.63) is 0 Å². The molecule has 6 heavy (non-hydrogen) atoms. The minimum absolute atomic E-state index is 0.250. The van der Waals surface area contributed by atoms with Crippen molar-refractivity contribution in [3.63, 3.8) is 0 Å². The van der Waals surface area contributed by atoms with Gasteiger partial charge in [0.05, 0.1) is 0 Å². The maximum atomic E-state index is 8.13. The van der Waals surface area contributed by atoms with Crippen LogP contribution in [0, 0.1) is 0 Å². The highest BCUT2D eigenvalue weighted by atomic mass is 35.7. The molecule has 0 aromatic rings. The molecule has 0 amide bonds. The van der Waals surface area contributed by atoms with Crippen molar-refractivity contribution in [2.45, 2.75) is 6.42 Å². The highest BCUT2D eigenvalue weighted by Gasteiger charge is 1.78. The van der Waals surface area contributed by atoms with E-state index in [1.807, 2.05) is 0 Å². The summed E-state index contributed by atoms with van der Waals surface area (Å²) in [4.78, 5) is 0. The van der Waals surface area contributed by atoms with Gasteiger partial charge < -0.3 is 5.11 Å². The van der Waals surface area contributed by atoms with E-state index in [0.29, 0.717) is 0 Å². The van der Waals surface area contributed by atoms with E-state index in [9.17, 15) is 0 Å². The summed E-state index contributed by atoms with van der Waals surface area (Å²) in [5, 5.41) is 8.13. The van der Waals surface area contributed by atoms with E-state index in [1.165, 1.54) is 11.0 Å². The van der Waals surface area contributed by atoms with Gasteiger partial charge in [-0.2, -0.15) is 0 Å². The third kappa shape index (κ3) is 4.60. The Morgan fingerprint density at radius 3 is 2.50 bits per heavy atom. The lowest BCUT2D eigenvalue weighted by atomic mass is 10.5. The quantitative estimate of drug-likeness (QED) is 0.575. The van der Waals surface area contributed by atoms with Gasteiger partial charge in [0.2, 0.25) is 0 Å². The van der Waals surface area contributed by atoms with Gasteiger partial charge in [-0.1, -0.05) is 11.0 Å². The Labute approximate surface area is 46.2 Å². The molecule has 0 saturated heterocycles. The van der Waals surface area contributed by atoms with Crippen LogP contribution in [0.5, 0.6) is 0 Å². The maximum absolute atomic E-state index is 8.13. The molecular weight excluding hydrogens is 120 g/mol. The SMILES string of the molecule is OCCCSCl. The Morgan fingerprint density at radius 1 is 1.67 bits per heavy atom. The number of aliphatic hydroxyl groups excluding tert-OH is 1. The van der Waals surface area contributed by atoms with Crippen LogP contribution in [0.3, 0.4) is 0 Å². The van der Waals surface area contributed by atoms with Crippen molar-refractivity contribution >= 4 is 21.7 Å². The second kappa shape index (κ2) is 5.60. The summed E-state index contributed by atoms with van der Waals surface area (Å²) in [6.45, 7) is 0.250. The summed E-state index contributed by atoms with van der Waals surface area (Å²) in [5.41, 5.74) is 0. The molecule has 0 bridgehead atoms. The summed E-state index contributed by atoms with van der Waals surface area (Å²) < 4.78 is 0. The molecule has 0 radical (unpaired) electrons. The summed E-state index contributed by atoms with van der Waals surface area (Å²) in [5.74, 6) is 0.845. The zero-order valence-corrected chi connectivity index (χ0v) is 4.93. The number of hydrogen-bond acceptors (Lipinski definition) is 2. The lowest BCUT2D eigenvalue weighted by Gasteiger charge is -1.84. The lowest BCUT2D eigenvalue weighted by molar-refractivity contribution is 0.296. The standard InChI is InChI=1S/C3H7ClOS/c4-6-3-1-2-5/h5H,1-3H2. The summed E-state index contributed by atoms with van der Waals surface area (Å²) in [6.07, 6.45) is 0.800. The van der Waals surface area contributed by atoms with Gasteiger partial charge >= 0.3 is 0 Å². The molecule has 0 rings (SSSR count). The molecule has 0 spiro atoms. The normalized spacial score (nSPS) is 9.00. The van der Waals surface area contributed by atoms with Crippen molar-refractivity contribution in [1.82, 2.24) is 0 Å². The van der Waals surface area contributed by atoms with Crippen LogP contribution in [0.1, 0.15) is 6.42 Å². The smallest absolute Gasteiger partial charge is 0.0439 e. The lowest BCUT2D eigenvalue weighted by Crippen LogP contribution is -1.81. The fourth-order valence-corrected chi connectivity index (χ4v) is 0.685. The maximum Gasteiger partial charge on any atom is 0.0439 e. The molecule has 0 aliphatic heterocycles. The van der Waals surface area contributed by atoms with E-state index in [2.05, 4.69) is 0 Å². The summed E-state index contributed by atoms with van der Waals surface area (Å²) in [7, 11) is 6.42. The van der Waals surface area contributed by atoms with Crippen molar-refractivity contribution < 1.29 is 5.11 Å². The number of rotatable bonds is 3. The van der Waals surface area contributed by atoms with Crippen LogP contribution in [0.15, 0.2) is 0 Å². The fraction of sp³-hybridized carbons (Fsp3) is 1.00. The monoisotopic (exact) mass is 126 g/mol. The fourth-order valence-electron chi connectivity index (χ4n) is 0.119. The first-order chi connectivity index (χ1) is 2.91. The van der Waals surface area contributed by atoms with Crippen LogP contribution in [-0.2, 0) is 0 Å². The molecule has 0 aliphatic rings. The molecular formula is C3H7ClOS. The minimum atomic E-state index is 0.250. The van der Waals surface area contributed by atoms with Gasteiger partial charge in [0.15, 0.2) is 0 Å². The van der Waals surface area contributed by atoms with Crippen molar-refractivity contribution in [1.29, 1.82) is 0 Å². The molecule has 1 N–H and O–H groups in total. The van der Waals surface area contributed by atoms with Crippen LogP contribution in [-0.4, -0.2) is 17.5 Å². The van der Waals surface area contributed by atoms with Crippen molar-refractivity contribution in [3.8, 4) is 0 Å². The van der Waals surface area contributed by atoms with E-state index in [-0.39, 0.29) is 6.61 Å². The Morgan fingerprint density at radius 2 is 2.33 bits per heavy atom. The average Bonchev–Trinajstić information content (AvgIpc) is 1.61. The zero-order chi connectivity index (χ0) is 4.83. The first-order valence-corrected chi connectivity index (χ1v) is 3.57. The molecule has 0 aliphatic carbocycles. The van der Waals surface area contributed by atoms with Crippen molar-refractivity contribution in [2.24, 2.45) is 0 Å². The molecule has 0 heterocycles. The number of aliphatic hydroxyl groups is 1. The molecule has 3 heteroatoms. The molecule has 0 atom stereocenters. The first kappa shape index (κ1) is 6.60. The van der Waals surface area contributed by atoms with Gasteiger partial charge in [0.1, 0.15) is 0 Å². The van der Waals surface area contributed by atoms with Gasteiger partial charge in [-0.15, -0.1) is 0 Å². The van der Waals surface area contributed by atoms with Gasteiger partial charge in [-0.25, -0.2) is 0 Å². The Hall–Kier alpha value is 0.600. The van der Waals surface area contributed by atoms with Crippen LogP contribution in [0.2, 0.25) is 0 Å².